The molecule has 1 amide bonds. The summed E-state index contributed by atoms with van der Waals surface area (Å²) in [6, 6.07) is 1.60. The number of aryl methyl sites for hydroxylation is 1. The molecule has 0 spiro atoms. The molecule has 96 valence electrons. The number of likely N-dealkylation sites (N-methyl/N-ethyl adjacent to an activating group) is 1. The van der Waals surface area contributed by atoms with Gasteiger partial charge in [-0.25, -0.2) is 0 Å². The van der Waals surface area contributed by atoms with E-state index >= 15 is 0 Å². The summed E-state index contributed by atoms with van der Waals surface area (Å²) in [5, 5.41) is 10.1. The average Bonchev–Trinajstić information content (AvgIpc) is 2.56. The molecule has 1 unspecified atom stereocenters. The maximum Gasteiger partial charge on any atom is 0.270 e. The number of aliphatic hydroxyl groups is 1. The molecule has 1 atom stereocenters. The molecule has 6 heteroatoms. The van der Waals surface area contributed by atoms with Gasteiger partial charge in [0, 0.05) is 33.9 Å². The van der Waals surface area contributed by atoms with Gasteiger partial charge in [-0.05, 0) is 6.07 Å². The number of rotatable bonds is 5. The normalized spacial score (nSPS) is 12.5. The molecule has 1 aromatic rings. The monoisotopic (exact) mass is 260 g/mol. The van der Waals surface area contributed by atoms with Crippen LogP contribution in [-0.4, -0.2) is 53.9 Å². The van der Waals surface area contributed by atoms with Crippen LogP contribution < -0.4 is 0 Å². The topological polar surface area (TPSA) is 54.7 Å². The highest BCUT2D eigenvalue weighted by Gasteiger charge is 2.18. The highest BCUT2D eigenvalue weighted by molar-refractivity contribution is 6.31. The zero-order chi connectivity index (χ0) is 13.0. The molecule has 0 saturated heterocycles. The van der Waals surface area contributed by atoms with E-state index in [1.165, 1.54) is 12.0 Å². The molecule has 0 fully saturated rings. The third-order valence-corrected chi connectivity index (χ3v) is 2.59. The SMILES string of the molecule is COCC(O)CN(C)C(=O)c1cc(Cl)cn1C. The third-order valence-electron chi connectivity index (χ3n) is 2.38. The van der Waals surface area contributed by atoms with Crippen molar-refractivity contribution in [3.05, 3.63) is 23.0 Å². The van der Waals surface area contributed by atoms with Crippen LogP contribution in [-0.2, 0) is 11.8 Å². The lowest BCUT2D eigenvalue weighted by Crippen LogP contribution is -2.36. The fourth-order valence-corrected chi connectivity index (χ4v) is 1.83. The van der Waals surface area contributed by atoms with Gasteiger partial charge in [0.05, 0.1) is 17.7 Å². The van der Waals surface area contributed by atoms with Crippen LogP contribution in [0.2, 0.25) is 5.02 Å². The summed E-state index contributed by atoms with van der Waals surface area (Å²) in [6.45, 7) is 0.418. The van der Waals surface area contributed by atoms with E-state index in [2.05, 4.69) is 0 Å². The predicted octanol–water partition coefficient (Wildman–Crippen LogP) is 0.758. The van der Waals surface area contributed by atoms with Gasteiger partial charge in [0.1, 0.15) is 5.69 Å². The molecule has 0 radical (unpaired) electrons. The number of aromatic nitrogens is 1. The van der Waals surface area contributed by atoms with E-state index in [-0.39, 0.29) is 19.1 Å². The van der Waals surface area contributed by atoms with Crippen molar-refractivity contribution >= 4 is 17.5 Å². The first-order valence-corrected chi connectivity index (χ1v) is 5.57. The van der Waals surface area contributed by atoms with Crippen molar-refractivity contribution in [1.29, 1.82) is 0 Å². The molecule has 1 aromatic heterocycles. The summed E-state index contributed by atoms with van der Waals surface area (Å²) < 4.78 is 6.46. The minimum absolute atomic E-state index is 0.186. The Hall–Kier alpha value is -1.04. The number of hydrogen-bond donors (Lipinski definition) is 1. The third kappa shape index (κ3) is 3.73. The van der Waals surface area contributed by atoms with E-state index in [0.717, 1.165) is 0 Å². The minimum atomic E-state index is -0.690. The predicted molar refractivity (Wildman–Crippen MR) is 65.3 cm³/mol. The van der Waals surface area contributed by atoms with E-state index in [9.17, 15) is 9.90 Å². The second-order valence-corrected chi connectivity index (χ2v) is 4.39. The highest BCUT2D eigenvalue weighted by atomic mass is 35.5. The molecule has 1 N–H and O–H groups in total. The Morgan fingerprint density at radius 1 is 1.71 bits per heavy atom. The van der Waals surface area contributed by atoms with Gasteiger partial charge in [-0.3, -0.25) is 4.79 Å². The maximum absolute atomic E-state index is 12.0. The Morgan fingerprint density at radius 3 is 2.82 bits per heavy atom. The second kappa shape index (κ2) is 6.05. The Kier molecular flexibility index (Phi) is 4.99. The Labute approximate surface area is 106 Å². The van der Waals surface area contributed by atoms with E-state index in [1.807, 2.05) is 0 Å². The molecule has 1 rings (SSSR count). The molecule has 0 aliphatic carbocycles. The molecule has 0 bridgehead atoms. The number of carbonyl (C=O) groups excluding carboxylic acids is 1. The molecular formula is C11H17ClN2O3. The summed E-state index contributed by atoms with van der Waals surface area (Å²) in [5.74, 6) is -0.186. The summed E-state index contributed by atoms with van der Waals surface area (Å²) in [6.07, 6.45) is 0.971. The fraction of sp³-hybridized carbons (Fsp3) is 0.545. The van der Waals surface area contributed by atoms with Crippen LogP contribution in [0.5, 0.6) is 0 Å². The summed E-state index contributed by atoms with van der Waals surface area (Å²) in [5.41, 5.74) is 0.488. The van der Waals surface area contributed by atoms with Crippen LogP contribution in [0.4, 0.5) is 0 Å². The Morgan fingerprint density at radius 2 is 2.35 bits per heavy atom. The lowest BCUT2D eigenvalue weighted by atomic mass is 10.3. The average molecular weight is 261 g/mol. The Balaban J connectivity index is 2.66. The van der Waals surface area contributed by atoms with Crippen LogP contribution in [0.15, 0.2) is 12.3 Å². The number of hydrogen-bond acceptors (Lipinski definition) is 3. The zero-order valence-electron chi connectivity index (χ0n) is 10.2. The van der Waals surface area contributed by atoms with Crippen LogP contribution in [0, 0.1) is 0 Å². The number of amides is 1. The molecule has 5 nitrogen and oxygen atoms in total. The minimum Gasteiger partial charge on any atom is -0.389 e. The van der Waals surface area contributed by atoms with Crippen LogP contribution in [0.3, 0.4) is 0 Å². The van der Waals surface area contributed by atoms with Gasteiger partial charge >= 0.3 is 0 Å². The van der Waals surface area contributed by atoms with Gasteiger partial charge in [0.15, 0.2) is 0 Å². The zero-order valence-corrected chi connectivity index (χ0v) is 10.9. The van der Waals surface area contributed by atoms with Gasteiger partial charge in [-0.2, -0.15) is 0 Å². The molecule has 1 heterocycles. The molecule has 0 aliphatic heterocycles. The highest BCUT2D eigenvalue weighted by Crippen LogP contribution is 2.14. The van der Waals surface area contributed by atoms with Crippen molar-refractivity contribution in [2.24, 2.45) is 7.05 Å². The van der Waals surface area contributed by atoms with E-state index in [0.29, 0.717) is 10.7 Å². The number of halogens is 1. The quantitative estimate of drug-likeness (QED) is 0.850. The summed E-state index contributed by atoms with van der Waals surface area (Å²) >= 11 is 5.81. The molecule has 0 aliphatic rings. The summed E-state index contributed by atoms with van der Waals surface area (Å²) in [7, 11) is 4.88. The number of aliphatic hydroxyl groups excluding tert-OH is 1. The van der Waals surface area contributed by atoms with Gasteiger partial charge in [0.25, 0.3) is 5.91 Å². The van der Waals surface area contributed by atoms with Crippen molar-refractivity contribution in [3.8, 4) is 0 Å². The van der Waals surface area contributed by atoms with Crippen molar-refractivity contribution in [3.63, 3.8) is 0 Å². The first kappa shape index (κ1) is 14.0. The second-order valence-electron chi connectivity index (χ2n) is 3.95. The maximum atomic E-state index is 12.0. The fourth-order valence-electron chi connectivity index (χ4n) is 1.58. The smallest absolute Gasteiger partial charge is 0.270 e. The van der Waals surface area contributed by atoms with Crippen LogP contribution in [0.1, 0.15) is 10.5 Å². The van der Waals surface area contributed by atoms with Gasteiger partial charge in [-0.15, -0.1) is 0 Å². The standard InChI is InChI=1S/C11H17ClN2O3/c1-13-5-8(12)4-10(13)11(16)14(2)6-9(15)7-17-3/h4-5,9,15H,6-7H2,1-3H3. The first-order valence-electron chi connectivity index (χ1n) is 5.20. The molecule has 0 saturated carbocycles. The van der Waals surface area contributed by atoms with E-state index in [1.54, 1.807) is 30.9 Å². The van der Waals surface area contributed by atoms with Crippen molar-refractivity contribution in [2.45, 2.75) is 6.10 Å². The molecular weight excluding hydrogens is 244 g/mol. The Bertz CT molecular complexity index is 392. The number of carbonyl (C=O) groups is 1. The van der Waals surface area contributed by atoms with Gasteiger partial charge in [-0.1, -0.05) is 11.6 Å². The number of methoxy groups -OCH3 is 1. The van der Waals surface area contributed by atoms with Crippen molar-refractivity contribution < 1.29 is 14.6 Å². The van der Waals surface area contributed by atoms with E-state index in [4.69, 9.17) is 16.3 Å². The molecule has 0 aromatic carbocycles. The van der Waals surface area contributed by atoms with Crippen LogP contribution >= 0.6 is 11.6 Å². The van der Waals surface area contributed by atoms with Crippen LogP contribution in [0.25, 0.3) is 0 Å². The number of nitrogens with zero attached hydrogens (tertiary/aromatic N) is 2. The summed E-state index contributed by atoms with van der Waals surface area (Å²) in [4.78, 5) is 13.5. The lowest BCUT2D eigenvalue weighted by molar-refractivity contribution is 0.0376. The molecule has 17 heavy (non-hydrogen) atoms. The van der Waals surface area contributed by atoms with E-state index < -0.39 is 6.10 Å². The van der Waals surface area contributed by atoms with Crippen molar-refractivity contribution in [1.82, 2.24) is 9.47 Å². The first-order chi connectivity index (χ1) is 7.95. The van der Waals surface area contributed by atoms with Crippen molar-refractivity contribution in [2.75, 3.05) is 27.3 Å². The largest absolute Gasteiger partial charge is 0.389 e. The number of ether oxygens (including phenoxy) is 1. The van der Waals surface area contributed by atoms with Gasteiger partial charge in [0.2, 0.25) is 0 Å². The lowest BCUT2D eigenvalue weighted by Gasteiger charge is -2.20. The van der Waals surface area contributed by atoms with Gasteiger partial charge < -0.3 is 19.3 Å².